The van der Waals surface area contributed by atoms with Crippen LogP contribution in [-0.4, -0.2) is 78.1 Å². The van der Waals surface area contributed by atoms with E-state index in [0.29, 0.717) is 62.1 Å². The van der Waals surface area contributed by atoms with Crippen LogP contribution in [0.25, 0.3) is 11.3 Å². The smallest absolute Gasteiger partial charge is 0.250 e. The van der Waals surface area contributed by atoms with Crippen molar-refractivity contribution in [1.82, 2.24) is 25.0 Å². The van der Waals surface area contributed by atoms with Gasteiger partial charge in [0.15, 0.2) is 5.82 Å². The van der Waals surface area contributed by atoms with Gasteiger partial charge in [-0.3, -0.25) is 4.90 Å². The van der Waals surface area contributed by atoms with Crippen LogP contribution >= 0.6 is 0 Å². The van der Waals surface area contributed by atoms with Gasteiger partial charge in [-0.1, -0.05) is 0 Å². The molecule has 2 atom stereocenters. The van der Waals surface area contributed by atoms with Crippen molar-refractivity contribution in [3.63, 3.8) is 0 Å². The number of halogens is 2. The van der Waals surface area contributed by atoms with Crippen LogP contribution in [0.2, 0.25) is 0 Å². The molecule has 0 saturated carbocycles. The Hall–Kier alpha value is -2.85. The summed E-state index contributed by atoms with van der Waals surface area (Å²) in [5.41, 5.74) is 3.56. The molecular formula is C25H34F2N6O2. The number of fused-ring (bicyclic) bond motifs is 1. The molecule has 0 amide bonds. The molecule has 8 nitrogen and oxygen atoms in total. The predicted octanol–water partition coefficient (Wildman–Crippen LogP) is 3.18. The van der Waals surface area contributed by atoms with Crippen LogP contribution in [0, 0.1) is 17.1 Å². The lowest BCUT2D eigenvalue weighted by atomic mass is 9.94. The van der Waals surface area contributed by atoms with E-state index in [2.05, 4.69) is 29.0 Å². The number of likely N-dealkylation sites (tertiary alicyclic amines) is 1. The lowest BCUT2D eigenvalue weighted by Crippen LogP contribution is -2.47. The number of hydrogen-bond acceptors (Lipinski definition) is 7. The van der Waals surface area contributed by atoms with Crippen molar-refractivity contribution in [3.8, 4) is 11.6 Å². The number of piperidine rings is 1. The van der Waals surface area contributed by atoms with Gasteiger partial charge in [0, 0.05) is 61.1 Å². The fraction of sp³-hybridized carbons (Fsp3) is 0.560. The first kappa shape index (κ1) is 25.2. The standard InChI is InChI=1S/C25H34F2N6O2/c1-16(2)32-7-4-17(22(27)15-32)12-29-13-18(11-28)24-20-5-8-35-9-6-23(20)33(31-24)19-10-21(26)25(34-3)30-14-19/h10-11,13-14,16-17,22,28-29H,4-9,12,15H2,1-3H3/b18-13+,28-11?. The molecule has 0 spiro atoms. The summed E-state index contributed by atoms with van der Waals surface area (Å²) in [6.07, 6.45) is 5.63. The van der Waals surface area contributed by atoms with Crippen molar-refractivity contribution in [3.05, 3.63) is 41.2 Å². The normalized spacial score (nSPS) is 21.5. The molecule has 2 aromatic rings. The number of pyridine rings is 1. The molecule has 190 valence electrons. The fourth-order valence-electron chi connectivity index (χ4n) is 4.75. The van der Waals surface area contributed by atoms with Gasteiger partial charge in [-0.2, -0.15) is 5.10 Å². The molecule has 2 unspecified atom stereocenters. The maximum atomic E-state index is 14.7. The zero-order valence-corrected chi connectivity index (χ0v) is 20.6. The van der Waals surface area contributed by atoms with E-state index in [-0.39, 0.29) is 11.8 Å². The third kappa shape index (κ3) is 5.54. The lowest BCUT2D eigenvalue weighted by Gasteiger charge is -2.37. The number of aromatic nitrogens is 3. The Morgan fingerprint density at radius 1 is 1.37 bits per heavy atom. The van der Waals surface area contributed by atoms with Crippen molar-refractivity contribution >= 4 is 11.8 Å². The number of rotatable bonds is 8. The second-order valence-corrected chi connectivity index (χ2v) is 9.29. The SMILES string of the molecule is COc1ncc(-n2nc(/C(C=N)=C/NCC3CCN(C(C)C)CC3F)c3c2CCOCC3)cc1F. The molecule has 10 heteroatoms. The van der Waals surface area contributed by atoms with Crippen LogP contribution in [0.1, 0.15) is 37.2 Å². The third-order valence-electron chi connectivity index (χ3n) is 6.80. The lowest BCUT2D eigenvalue weighted by molar-refractivity contribution is 0.0666. The molecular weight excluding hydrogens is 454 g/mol. The first-order valence-electron chi connectivity index (χ1n) is 12.1. The second-order valence-electron chi connectivity index (χ2n) is 9.29. The molecule has 35 heavy (non-hydrogen) atoms. The Bertz CT molecular complexity index is 1070. The quantitative estimate of drug-likeness (QED) is 0.555. The van der Waals surface area contributed by atoms with E-state index in [1.807, 2.05) is 0 Å². The van der Waals surface area contributed by atoms with Gasteiger partial charge < -0.3 is 20.2 Å². The molecule has 2 aliphatic heterocycles. The molecule has 2 aliphatic rings. The second kappa shape index (κ2) is 11.3. The van der Waals surface area contributed by atoms with Crippen molar-refractivity contribution < 1.29 is 18.3 Å². The van der Waals surface area contributed by atoms with E-state index in [4.69, 9.17) is 20.0 Å². The Labute approximate surface area is 204 Å². The monoisotopic (exact) mass is 488 g/mol. The summed E-state index contributed by atoms with van der Waals surface area (Å²) in [5, 5.41) is 16.0. The zero-order chi connectivity index (χ0) is 24.9. The van der Waals surface area contributed by atoms with Crippen LogP contribution < -0.4 is 10.1 Å². The molecule has 0 aliphatic carbocycles. The highest BCUT2D eigenvalue weighted by Gasteiger charge is 2.30. The van der Waals surface area contributed by atoms with E-state index < -0.39 is 12.0 Å². The number of ether oxygens (including phenoxy) is 2. The minimum absolute atomic E-state index is 0.0785. The predicted molar refractivity (Wildman–Crippen MR) is 131 cm³/mol. The van der Waals surface area contributed by atoms with Crippen LogP contribution in [0.3, 0.4) is 0 Å². The van der Waals surface area contributed by atoms with Gasteiger partial charge >= 0.3 is 0 Å². The number of nitrogens with one attached hydrogen (secondary N) is 2. The minimum atomic E-state index is -0.888. The van der Waals surface area contributed by atoms with E-state index in [1.165, 1.54) is 25.6 Å². The largest absolute Gasteiger partial charge is 0.479 e. The van der Waals surface area contributed by atoms with Gasteiger partial charge in [0.05, 0.1) is 43.6 Å². The molecule has 0 radical (unpaired) electrons. The van der Waals surface area contributed by atoms with Crippen LogP contribution in [-0.2, 0) is 17.6 Å². The molecule has 1 saturated heterocycles. The molecule has 0 aromatic carbocycles. The number of allylic oxidation sites excluding steroid dienone is 1. The molecule has 4 heterocycles. The number of alkyl halides is 1. The first-order chi connectivity index (χ1) is 16.9. The average molecular weight is 489 g/mol. The highest BCUT2D eigenvalue weighted by Crippen LogP contribution is 2.28. The van der Waals surface area contributed by atoms with Crippen molar-refractivity contribution in [2.75, 3.05) is 40.0 Å². The maximum absolute atomic E-state index is 14.7. The van der Waals surface area contributed by atoms with E-state index >= 15 is 0 Å². The Morgan fingerprint density at radius 2 is 2.17 bits per heavy atom. The molecule has 0 bridgehead atoms. The summed E-state index contributed by atoms with van der Waals surface area (Å²) >= 11 is 0. The van der Waals surface area contributed by atoms with Crippen molar-refractivity contribution in [1.29, 1.82) is 5.41 Å². The topological polar surface area (TPSA) is 88.3 Å². The fourth-order valence-corrected chi connectivity index (χ4v) is 4.75. The maximum Gasteiger partial charge on any atom is 0.250 e. The first-order valence-corrected chi connectivity index (χ1v) is 12.1. The van der Waals surface area contributed by atoms with Gasteiger partial charge in [-0.25, -0.2) is 18.4 Å². The average Bonchev–Trinajstić information content (AvgIpc) is 3.03. The Kier molecular flexibility index (Phi) is 8.12. The van der Waals surface area contributed by atoms with Crippen LogP contribution in [0.5, 0.6) is 5.88 Å². The van der Waals surface area contributed by atoms with Gasteiger partial charge in [-0.05, 0) is 33.2 Å². The van der Waals surface area contributed by atoms with E-state index in [0.717, 1.165) is 24.2 Å². The van der Waals surface area contributed by atoms with Gasteiger partial charge in [0.25, 0.3) is 0 Å². The van der Waals surface area contributed by atoms with E-state index in [1.54, 1.807) is 10.9 Å². The molecule has 2 N–H and O–H groups in total. The molecule has 2 aromatic heterocycles. The summed E-state index contributed by atoms with van der Waals surface area (Å²) in [7, 11) is 1.37. The Balaban J connectivity index is 1.57. The summed E-state index contributed by atoms with van der Waals surface area (Å²) in [4.78, 5) is 6.21. The van der Waals surface area contributed by atoms with Gasteiger partial charge in [0.1, 0.15) is 6.17 Å². The van der Waals surface area contributed by atoms with Crippen LogP contribution in [0.4, 0.5) is 8.78 Å². The highest BCUT2D eigenvalue weighted by molar-refractivity contribution is 6.08. The number of nitrogens with zero attached hydrogens (tertiary/aromatic N) is 4. The number of methoxy groups -OCH3 is 1. The van der Waals surface area contributed by atoms with Crippen LogP contribution in [0.15, 0.2) is 18.5 Å². The summed E-state index contributed by atoms with van der Waals surface area (Å²) in [5.74, 6) is -0.732. The van der Waals surface area contributed by atoms with E-state index in [9.17, 15) is 8.78 Å². The third-order valence-corrected chi connectivity index (χ3v) is 6.80. The zero-order valence-electron chi connectivity index (χ0n) is 20.6. The molecule has 4 rings (SSSR count). The van der Waals surface area contributed by atoms with Crippen molar-refractivity contribution in [2.24, 2.45) is 5.92 Å². The summed E-state index contributed by atoms with van der Waals surface area (Å²) in [6.45, 7) is 7.08. The summed E-state index contributed by atoms with van der Waals surface area (Å²) < 4.78 is 41.4. The number of hydrogen-bond donors (Lipinski definition) is 2. The summed E-state index contributed by atoms with van der Waals surface area (Å²) in [6, 6.07) is 1.68. The highest BCUT2D eigenvalue weighted by atomic mass is 19.1. The van der Waals surface area contributed by atoms with Crippen molar-refractivity contribution in [2.45, 2.75) is 45.3 Å². The molecule has 1 fully saturated rings. The minimum Gasteiger partial charge on any atom is -0.479 e. The van der Waals surface area contributed by atoms with Gasteiger partial charge in [-0.15, -0.1) is 0 Å². The Morgan fingerprint density at radius 3 is 2.86 bits per heavy atom. The van der Waals surface area contributed by atoms with Gasteiger partial charge in [0.2, 0.25) is 5.88 Å².